The van der Waals surface area contributed by atoms with E-state index in [1.54, 1.807) is 0 Å². The second-order valence-corrected chi connectivity index (χ2v) is 5.67. The molecule has 6 heteroatoms. The lowest BCUT2D eigenvalue weighted by Crippen LogP contribution is -2.29. The minimum Gasteiger partial charge on any atom is -0.385 e. The number of unbranched alkanes of at least 4 members (excludes halogenated alkanes) is 1. The van der Waals surface area contributed by atoms with E-state index < -0.39 is 12.2 Å². The van der Waals surface area contributed by atoms with Gasteiger partial charge in [-0.15, -0.1) is 0 Å². The Morgan fingerprint density at radius 1 is 1.19 bits per heavy atom. The fraction of sp³-hybridized carbons (Fsp3) is 0.500. The number of anilines is 1. The molecule has 0 heterocycles. The number of benzene rings is 1. The molecule has 0 aliphatic heterocycles. The molecule has 0 bridgehead atoms. The van der Waals surface area contributed by atoms with Gasteiger partial charge in [-0.2, -0.15) is 5.26 Å². The number of hydrogen-bond donors (Lipinski definition) is 2. The summed E-state index contributed by atoms with van der Waals surface area (Å²) in [6, 6.07) is 9.60. The Bertz CT molecular complexity index is 600. The van der Waals surface area contributed by atoms with Gasteiger partial charge in [-0.1, -0.05) is 25.5 Å². The first kappa shape index (κ1) is 21.7. The number of aryl methyl sites for hydroxylation is 1. The zero-order chi connectivity index (χ0) is 19.2. The predicted molar refractivity (Wildman–Crippen MR) is 102 cm³/mol. The van der Waals surface area contributed by atoms with Gasteiger partial charge in [0.25, 0.3) is 5.91 Å². The first-order chi connectivity index (χ1) is 12.6. The molecular weight excluding hydrogens is 330 g/mol. The summed E-state index contributed by atoms with van der Waals surface area (Å²) >= 11 is 0. The number of nitrogens with one attached hydrogen (secondary N) is 2. The van der Waals surface area contributed by atoms with Crippen LogP contribution in [0.1, 0.15) is 39.2 Å². The third kappa shape index (κ3) is 8.15. The summed E-state index contributed by atoms with van der Waals surface area (Å²) in [7, 11) is 0. The van der Waals surface area contributed by atoms with E-state index >= 15 is 0 Å². The van der Waals surface area contributed by atoms with Gasteiger partial charge in [0.15, 0.2) is 6.29 Å². The van der Waals surface area contributed by atoms with Crippen LogP contribution < -0.4 is 10.6 Å². The van der Waals surface area contributed by atoms with Gasteiger partial charge < -0.3 is 20.1 Å². The standard InChI is InChI=1S/C20H29N3O3/c1-4-7-8-16-9-11-18(12-10-16)23-20(24)17(13-21)14-22-15-19(25-5-2)26-6-3/h9-12,14,19,22H,4-8,15H2,1-3H3,(H,23,24)/b17-14-. The van der Waals surface area contributed by atoms with E-state index in [-0.39, 0.29) is 5.57 Å². The summed E-state index contributed by atoms with van der Waals surface area (Å²) < 4.78 is 10.8. The van der Waals surface area contributed by atoms with E-state index in [1.165, 1.54) is 11.8 Å². The van der Waals surface area contributed by atoms with E-state index in [4.69, 9.17) is 9.47 Å². The second-order valence-electron chi connectivity index (χ2n) is 5.67. The largest absolute Gasteiger partial charge is 0.385 e. The van der Waals surface area contributed by atoms with E-state index in [1.807, 2.05) is 44.2 Å². The van der Waals surface area contributed by atoms with Crippen molar-refractivity contribution in [3.05, 3.63) is 41.6 Å². The van der Waals surface area contributed by atoms with Crippen molar-refractivity contribution in [1.82, 2.24) is 5.32 Å². The summed E-state index contributed by atoms with van der Waals surface area (Å²) in [4.78, 5) is 12.2. The smallest absolute Gasteiger partial charge is 0.267 e. The maximum absolute atomic E-state index is 12.2. The fourth-order valence-corrected chi connectivity index (χ4v) is 2.28. The predicted octanol–water partition coefficient (Wildman–Crippen LogP) is 3.36. The van der Waals surface area contributed by atoms with Gasteiger partial charge >= 0.3 is 0 Å². The van der Waals surface area contributed by atoms with E-state index in [2.05, 4.69) is 17.6 Å². The Kier molecular flexibility index (Phi) is 10.8. The van der Waals surface area contributed by atoms with Gasteiger partial charge in [0.2, 0.25) is 0 Å². The zero-order valence-corrected chi connectivity index (χ0v) is 15.9. The summed E-state index contributed by atoms with van der Waals surface area (Å²) in [5, 5.41) is 14.8. The minimum atomic E-state index is -0.453. The molecule has 0 radical (unpaired) electrons. The molecule has 1 aromatic rings. The molecule has 0 fully saturated rings. The quantitative estimate of drug-likeness (QED) is 0.340. The van der Waals surface area contributed by atoms with Gasteiger partial charge in [-0.25, -0.2) is 0 Å². The molecule has 0 aliphatic rings. The summed E-state index contributed by atoms with van der Waals surface area (Å²) in [6.07, 6.45) is 4.28. The third-order valence-corrected chi connectivity index (χ3v) is 3.63. The van der Waals surface area contributed by atoms with Crippen LogP contribution in [0.25, 0.3) is 0 Å². The molecule has 6 nitrogen and oxygen atoms in total. The van der Waals surface area contributed by atoms with Crippen LogP contribution in [0.2, 0.25) is 0 Å². The molecule has 0 unspecified atom stereocenters. The second kappa shape index (κ2) is 12.9. The molecule has 142 valence electrons. The normalized spacial score (nSPS) is 11.3. The minimum absolute atomic E-state index is 0.00759. The van der Waals surface area contributed by atoms with Crippen LogP contribution in [0.3, 0.4) is 0 Å². The Morgan fingerprint density at radius 3 is 2.38 bits per heavy atom. The first-order valence-corrected chi connectivity index (χ1v) is 9.11. The highest BCUT2D eigenvalue weighted by Crippen LogP contribution is 2.12. The molecule has 1 rings (SSSR count). The van der Waals surface area contributed by atoms with Crippen molar-refractivity contribution in [3.8, 4) is 6.07 Å². The Balaban J connectivity index is 2.58. The number of nitriles is 1. The van der Waals surface area contributed by atoms with Crippen LogP contribution in [0.15, 0.2) is 36.0 Å². The van der Waals surface area contributed by atoms with Crippen LogP contribution in [0.5, 0.6) is 0 Å². The van der Waals surface area contributed by atoms with Crippen LogP contribution in [0.4, 0.5) is 5.69 Å². The lowest BCUT2D eigenvalue weighted by molar-refractivity contribution is -0.131. The van der Waals surface area contributed by atoms with Crippen molar-refractivity contribution in [1.29, 1.82) is 5.26 Å². The van der Waals surface area contributed by atoms with Crippen molar-refractivity contribution >= 4 is 11.6 Å². The van der Waals surface area contributed by atoms with Crippen LogP contribution in [0, 0.1) is 11.3 Å². The van der Waals surface area contributed by atoms with Gasteiger partial charge in [0.05, 0.1) is 6.54 Å². The molecule has 2 N–H and O–H groups in total. The van der Waals surface area contributed by atoms with E-state index in [9.17, 15) is 10.1 Å². The highest BCUT2D eigenvalue weighted by Gasteiger charge is 2.11. The Morgan fingerprint density at radius 2 is 1.85 bits per heavy atom. The maximum Gasteiger partial charge on any atom is 0.267 e. The molecule has 0 saturated heterocycles. The first-order valence-electron chi connectivity index (χ1n) is 9.11. The molecule has 0 spiro atoms. The number of nitrogens with zero attached hydrogens (tertiary/aromatic N) is 1. The van der Waals surface area contributed by atoms with E-state index in [0.717, 1.165) is 19.3 Å². The molecule has 26 heavy (non-hydrogen) atoms. The number of amides is 1. The van der Waals surface area contributed by atoms with Gasteiger partial charge in [0, 0.05) is 25.1 Å². The number of rotatable bonds is 12. The lowest BCUT2D eigenvalue weighted by Gasteiger charge is -2.16. The zero-order valence-electron chi connectivity index (χ0n) is 15.9. The molecule has 0 aliphatic carbocycles. The van der Waals surface area contributed by atoms with Gasteiger partial charge in [-0.3, -0.25) is 4.79 Å². The van der Waals surface area contributed by atoms with Crippen LogP contribution in [-0.4, -0.2) is 32.0 Å². The fourth-order valence-electron chi connectivity index (χ4n) is 2.28. The summed E-state index contributed by atoms with van der Waals surface area (Å²) in [5.74, 6) is -0.453. The van der Waals surface area contributed by atoms with Crippen molar-refractivity contribution < 1.29 is 14.3 Å². The average Bonchev–Trinajstić information content (AvgIpc) is 2.65. The highest BCUT2D eigenvalue weighted by atomic mass is 16.7. The summed E-state index contributed by atoms with van der Waals surface area (Å²) in [6.45, 7) is 7.31. The van der Waals surface area contributed by atoms with Crippen molar-refractivity contribution in [2.75, 3.05) is 25.1 Å². The molecule has 0 saturated carbocycles. The van der Waals surface area contributed by atoms with Gasteiger partial charge in [-0.05, 0) is 44.4 Å². The van der Waals surface area contributed by atoms with Crippen molar-refractivity contribution in [2.24, 2.45) is 0 Å². The van der Waals surface area contributed by atoms with Crippen LogP contribution >= 0.6 is 0 Å². The number of carbonyl (C=O) groups is 1. The maximum atomic E-state index is 12.2. The molecule has 0 aromatic heterocycles. The van der Waals surface area contributed by atoms with E-state index in [0.29, 0.717) is 25.4 Å². The Labute approximate surface area is 156 Å². The van der Waals surface area contributed by atoms with Crippen molar-refractivity contribution in [3.63, 3.8) is 0 Å². The topological polar surface area (TPSA) is 83.4 Å². The highest BCUT2D eigenvalue weighted by molar-refractivity contribution is 6.06. The lowest BCUT2D eigenvalue weighted by atomic mass is 10.1. The average molecular weight is 359 g/mol. The Hall–Kier alpha value is -2.36. The summed E-state index contributed by atoms with van der Waals surface area (Å²) in [5.41, 5.74) is 1.89. The number of ether oxygens (including phenoxy) is 2. The monoisotopic (exact) mass is 359 g/mol. The van der Waals surface area contributed by atoms with Crippen LogP contribution in [-0.2, 0) is 20.7 Å². The molecular formula is C20H29N3O3. The molecule has 1 amide bonds. The molecule has 0 atom stereocenters. The number of carbonyl (C=O) groups excluding carboxylic acids is 1. The van der Waals surface area contributed by atoms with Crippen molar-refractivity contribution in [2.45, 2.75) is 46.3 Å². The number of hydrogen-bond acceptors (Lipinski definition) is 5. The SMILES string of the molecule is CCCCc1ccc(NC(=O)/C(C#N)=C\NCC(OCC)OCC)cc1. The van der Waals surface area contributed by atoms with Gasteiger partial charge in [0.1, 0.15) is 11.6 Å². The molecule has 1 aromatic carbocycles. The third-order valence-electron chi connectivity index (χ3n) is 3.63.